The number of hydrogen-bond acceptors (Lipinski definition) is 7. The van der Waals surface area contributed by atoms with Gasteiger partial charge < -0.3 is 0 Å². The molecule has 2 heterocycles. The molecule has 2 rings (SSSR count). The summed E-state index contributed by atoms with van der Waals surface area (Å²) in [5.74, 6) is 5.85. The van der Waals surface area contributed by atoms with Gasteiger partial charge in [0.15, 0.2) is 0 Å². The smallest absolute Gasteiger partial charge is 0.211 e. The zero-order valence-corrected chi connectivity index (χ0v) is 12.5. The van der Waals surface area contributed by atoms with E-state index in [0.29, 0.717) is 19.0 Å². The number of sulfonamides is 1. The monoisotopic (exact) mass is 305 g/mol. The van der Waals surface area contributed by atoms with Gasteiger partial charge in [0.1, 0.15) is 0 Å². The third kappa shape index (κ3) is 3.93. The Balaban J connectivity index is 1.98. The first-order valence-corrected chi connectivity index (χ1v) is 8.87. The van der Waals surface area contributed by atoms with Crippen molar-refractivity contribution >= 4 is 21.6 Å². The van der Waals surface area contributed by atoms with Gasteiger partial charge in [-0.25, -0.2) is 12.7 Å². The molecular weight excluding hydrogens is 286 g/mol. The van der Waals surface area contributed by atoms with Gasteiger partial charge in [0, 0.05) is 18.5 Å². The minimum Gasteiger partial charge on any atom is -0.271 e. The van der Waals surface area contributed by atoms with E-state index < -0.39 is 10.0 Å². The Kier molecular flexibility index (Phi) is 4.85. The molecule has 0 saturated carbocycles. The van der Waals surface area contributed by atoms with Gasteiger partial charge >= 0.3 is 0 Å². The van der Waals surface area contributed by atoms with Crippen LogP contribution in [0, 0.1) is 5.92 Å². The quantitative estimate of drug-likeness (QED) is 0.591. The highest BCUT2D eigenvalue weighted by atomic mass is 32.2. The Morgan fingerprint density at radius 2 is 2.47 bits per heavy atom. The van der Waals surface area contributed by atoms with Crippen molar-refractivity contribution in [2.45, 2.75) is 25.3 Å². The van der Waals surface area contributed by atoms with Crippen LogP contribution in [0.15, 0.2) is 5.38 Å². The lowest BCUT2D eigenvalue weighted by Crippen LogP contribution is -2.41. The first kappa shape index (κ1) is 14.8. The van der Waals surface area contributed by atoms with E-state index in [-0.39, 0.29) is 6.04 Å². The summed E-state index contributed by atoms with van der Waals surface area (Å²) in [7, 11) is -3.10. The molecule has 1 saturated heterocycles. The Labute approximate surface area is 117 Å². The summed E-state index contributed by atoms with van der Waals surface area (Å²) in [5.41, 5.74) is 3.56. The zero-order valence-electron chi connectivity index (χ0n) is 10.8. The highest BCUT2D eigenvalue weighted by Gasteiger charge is 2.28. The van der Waals surface area contributed by atoms with Crippen LogP contribution in [-0.4, -0.2) is 41.7 Å². The molecule has 0 bridgehead atoms. The molecule has 0 amide bonds. The molecule has 1 aromatic heterocycles. The fraction of sp³-hybridized carbons (Fsp3) is 0.800. The lowest BCUT2D eigenvalue weighted by Gasteiger charge is -2.32. The van der Waals surface area contributed by atoms with E-state index in [9.17, 15) is 8.42 Å². The molecule has 19 heavy (non-hydrogen) atoms. The fourth-order valence-corrected chi connectivity index (χ4v) is 3.90. The van der Waals surface area contributed by atoms with Crippen molar-refractivity contribution < 1.29 is 8.42 Å². The third-order valence-electron chi connectivity index (χ3n) is 3.45. The average molecular weight is 305 g/mol. The topological polar surface area (TPSA) is 101 Å². The second-order valence-corrected chi connectivity index (χ2v) is 7.51. The lowest BCUT2D eigenvalue weighted by atomic mass is 9.92. The molecule has 7 nitrogen and oxygen atoms in total. The molecular formula is C10H19N5O2S2. The number of hydrogen-bond donors (Lipinski definition) is 2. The third-order valence-corrected chi connectivity index (χ3v) is 5.25. The first-order chi connectivity index (χ1) is 9.00. The SMILES string of the molecule is CS(=O)(=O)N1CCCC(CC(NN)c2csnn2)C1. The molecule has 2 atom stereocenters. The molecule has 0 aliphatic carbocycles. The summed E-state index contributed by atoms with van der Waals surface area (Å²) in [4.78, 5) is 0. The van der Waals surface area contributed by atoms with Crippen LogP contribution in [0.2, 0.25) is 0 Å². The van der Waals surface area contributed by atoms with Crippen molar-refractivity contribution in [3.63, 3.8) is 0 Å². The van der Waals surface area contributed by atoms with Crippen LogP contribution in [0.5, 0.6) is 0 Å². The second kappa shape index (κ2) is 6.23. The van der Waals surface area contributed by atoms with Gasteiger partial charge in [-0.15, -0.1) is 5.10 Å². The van der Waals surface area contributed by atoms with Crippen LogP contribution < -0.4 is 11.3 Å². The van der Waals surface area contributed by atoms with Crippen molar-refractivity contribution in [1.29, 1.82) is 0 Å². The van der Waals surface area contributed by atoms with E-state index in [1.807, 2.05) is 5.38 Å². The molecule has 1 aromatic rings. The molecule has 0 radical (unpaired) electrons. The van der Waals surface area contributed by atoms with Crippen LogP contribution in [0.25, 0.3) is 0 Å². The van der Waals surface area contributed by atoms with E-state index in [0.717, 1.165) is 25.0 Å². The maximum absolute atomic E-state index is 11.6. The summed E-state index contributed by atoms with van der Waals surface area (Å²) < 4.78 is 28.5. The number of nitrogens with zero attached hydrogens (tertiary/aromatic N) is 3. The van der Waals surface area contributed by atoms with Crippen LogP contribution in [-0.2, 0) is 10.0 Å². The lowest BCUT2D eigenvalue weighted by molar-refractivity contribution is 0.237. The summed E-state index contributed by atoms with van der Waals surface area (Å²) >= 11 is 1.29. The molecule has 1 aliphatic heterocycles. The molecule has 0 spiro atoms. The highest BCUT2D eigenvalue weighted by Crippen LogP contribution is 2.27. The Morgan fingerprint density at radius 3 is 3.05 bits per heavy atom. The number of rotatable bonds is 5. The molecule has 2 unspecified atom stereocenters. The van der Waals surface area contributed by atoms with Gasteiger partial charge in [-0.2, -0.15) is 0 Å². The average Bonchev–Trinajstić information content (AvgIpc) is 2.89. The van der Waals surface area contributed by atoms with Crippen molar-refractivity contribution in [3.8, 4) is 0 Å². The standard InChI is InChI=1S/C10H19N5O2S2/c1-19(16,17)15-4-2-3-8(6-15)5-9(12-11)10-7-18-14-13-10/h7-9,12H,2-6,11H2,1H3. The highest BCUT2D eigenvalue weighted by molar-refractivity contribution is 7.88. The van der Waals surface area contributed by atoms with Gasteiger partial charge in [0.25, 0.3) is 0 Å². The van der Waals surface area contributed by atoms with Crippen LogP contribution >= 0.6 is 11.5 Å². The van der Waals surface area contributed by atoms with E-state index in [2.05, 4.69) is 15.0 Å². The van der Waals surface area contributed by atoms with E-state index in [1.54, 1.807) is 4.31 Å². The number of piperidine rings is 1. The van der Waals surface area contributed by atoms with E-state index in [4.69, 9.17) is 5.84 Å². The van der Waals surface area contributed by atoms with Gasteiger partial charge in [-0.1, -0.05) is 4.49 Å². The van der Waals surface area contributed by atoms with Crippen molar-refractivity contribution in [2.75, 3.05) is 19.3 Å². The predicted octanol–water partition coefficient (Wildman–Crippen LogP) is 0.104. The Morgan fingerprint density at radius 1 is 1.68 bits per heavy atom. The minimum absolute atomic E-state index is 0.0664. The molecule has 108 valence electrons. The van der Waals surface area contributed by atoms with Crippen molar-refractivity contribution in [2.24, 2.45) is 11.8 Å². The van der Waals surface area contributed by atoms with Crippen LogP contribution in [0.4, 0.5) is 0 Å². The number of nitrogens with one attached hydrogen (secondary N) is 1. The summed E-state index contributed by atoms with van der Waals surface area (Å²) in [6.45, 7) is 1.18. The largest absolute Gasteiger partial charge is 0.271 e. The number of nitrogens with two attached hydrogens (primary N) is 1. The minimum atomic E-state index is -3.10. The molecule has 1 aliphatic rings. The van der Waals surface area contributed by atoms with E-state index in [1.165, 1.54) is 17.8 Å². The molecule has 9 heteroatoms. The number of hydrazine groups is 1. The van der Waals surface area contributed by atoms with Crippen LogP contribution in [0.3, 0.4) is 0 Å². The Hall–Kier alpha value is -0.610. The maximum Gasteiger partial charge on any atom is 0.211 e. The van der Waals surface area contributed by atoms with Crippen molar-refractivity contribution in [1.82, 2.24) is 19.3 Å². The first-order valence-electron chi connectivity index (χ1n) is 6.19. The Bertz CT molecular complexity index is 490. The van der Waals surface area contributed by atoms with Gasteiger partial charge in [0.2, 0.25) is 10.0 Å². The molecule has 3 N–H and O–H groups in total. The molecule has 1 fully saturated rings. The van der Waals surface area contributed by atoms with E-state index >= 15 is 0 Å². The fourth-order valence-electron chi connectivity index (χ4n) is 2.45. The maximum atomic E-state index is 11.6. The predicted molar refractivity (Wildman–Crippen MR) is 73.7 cm³/mol. The normalized spacial score (nSPS) is 23.4. The van der Waals surface area contributed by atoms with Crippen LogP contribution in [0.1, 0.15) is 31.0 Å². The zero-order chi connectivity index (χ0) is 13.9. The summed E-state index contributed by atoms with van der Waals surface area (Å²) in [6.07, 6.45) is 3.94. The number of aromatic nitrogens is 2. The molecule has 0 aromatic carbocycles. The van der Waals surface area contributed by atoms with Gasteiger partial charge in [0.05, 0.1) is 18.0 Å². The van der Waals surface area contributed by atoms with Gasteiger partial charge in [-0.05, 0) is 36.7 Å². The van der Waals surface area contributed by atoms with Gasteiger partial charge in [-0.3, -0.25) is 11.3 Å². The van der Waals surface area contributed by atoms with Crippen molar-refractivity contribution in [3.05, 3.63) is 11.1 Å². The second-order valence-electron chi connectivity index (χ2n) is 4.91. The summed E-state index contributed by atoms with van der Waals surface area (Å²) in [6, 6.07) is -0.0664. The summed E-state index contributed by atoms with van der Waals surface area (Å²) in [5, 5.41) is 5.88.